The van der Waals surface area contributed by atoms with Crippen LogP contribution in [0.1, 0.15) is 28.9 Å². The number of aromatic nitrogens is 2. The number of piperidine rings is 1. The summed E-state index contributed by atoms with van der Waals surface area (Å²) >= 11 is 0. The molecule has 1 unspecified atom stereocenters. The topological polar surface area (TPSA) is 86.5 Å². The number of hydrogen-bond acceptors (Lipinski definition) is 5. The van der Waals surface area contributed by atoms with E-state index in [1.807, 2.05) is 4.90 Å². The highest BCUT2D eigenvalue weighted by molar-refractivity contribution is 5.88. The van der Waals surface area contributed by atoms with E-state index >= 15 is 0 Å². The molecular formula is C11H15N3O3. The first-order chi connectivity index (χ1) is 8.08. The van der Waals surface area contributed by atoms with Crippen LogP contribution in [0.5, 0.6) is 0 Å². The summed E-state index contributed by atoms with van der Waals surface area (Å²) in [5.74, 6) is -0.529. The van der Waals surface area contributed by atoms with E-state index in [2.05, 4.69) is 9.97 Å². The highest BCUT2D eigenvalue weighted by Gasteiger charge is 2.20. The number of carboxylic acid groups (broad SMARTS) is 1. The van der Waals surface area contributed by atoms with Crippen LogP contribution in [0, 0.1) is 6.92 Å². The lowest BCUT2D eigenvalue weighted by atomic mass is 10.1. The maximum Gasteiger partial charge on any atom is 0.339 e. The number of aryl methyl sites for hydroxylation is 1. The Balaban J connectivity index is 2.22. The molecule has 1 aromatic heterocycles. The first-order valence-electron chi connectivity index (χ1n) is 5.58. The van der Waals surface area contributed by atoms with Crippen molar-refractivity contribution in [3.05, 3.63) is 17.5 Å². The molecule has 6 heteroatoms. The van der Waals surface area contributed by atoms with Crippen molar-refractivity contribution >= 4 is 11.9 Å². The van der Waals surface area contributed by atoms with E-state index < -0.39 is 5.97 Å². The molecule has 0 bridgehead atoms. The Morgan fingerprint density at radius 2 is 2.35 bits per heavy atom. The van der Waals surface area contributed by atoms with Crippen LogP contribution in [-0.4, -0.2) is 45.3 Å². The molecule has 2 rings (SSSR count). The number of anilines is 1. The number of aliphatic hydroxyl groups is 1. The average Bonchev–Trinajstić information content (AvgIpc) is 2.28. The van der Waals surface area contributed by atoms with Crippen molar-refractivity contribution in [2.45, 2.75) is 25.9 Å². The number of nitrogens with zero attached hydrogens (tertiary/aromatic N) is 3. The van der Waals surface area contributed by atoms with Crippen molar-refractivity contribution in [3.8, 4) is 0 Å². The Bertz CT molecular complexity index is 436. The molecule has 0 radical (unpaired) electrons. The van der Waals surface area contributed by atoms with Gasteiger partial charge in [-0.3, -0.25) is 0 Å². The van der Waals surface area contributed by atoms with Gasteiger partial charge in [0.2, 0.25) is 5.95 Å². The van der Waals surface area contributed by atoms with Gasteiger partial charge in [-0.2, -0.15) is 0 Å². The number of rotatable bonds is 2. The second kappa shape index (κ2) is 4.67. The van der Waals surface area contributed by atoms with Crippen molar-refractivity contribution in [2.75, 3.05) is 18.0 Å². The maximum absolute atomic E-state index is 10.8. The molecule has 1 aliphatic rings. The Hall–Kier alpha value is -1.69. The first kappa shape index (κ1) is 11.8. The highest BCUT2D eigenvalue weighted by atomic mass is 16.4. The molecule has 0 aliphatic carbocycles. The van der Waals surface area contributed by atoms with Crippen LogP contribution in [0.15, 0.2) is 6.20 Å². The Morgan fingerprint density at radius 3 is 2.94 bits per heavy atom. The van der Waals surface area contributed by atoms with Crippen LogP contribution < -0.4 is 4.90 Å². The number of β-amino-alcohol motifs (C(OH)–C–C–N with tert-alkyl or cyclic N) is 1. The summed E-state index contributed by atoms with van der Waals surface area (Å²) in [6.45, 7) is 2.95. The minimum atomic E-state index is -1.02. The average molecular weight is 237 g/mol. The number of hydrogen-bond donors (Lipinski definition) is 2. The fourth-order valence-electron chi connectivity index (χ4n) is 1.95. The standard InChI is InChI=1S/C11H15N3O3/c1-7-9(10(16)17)5-12-11(13-7)14-4-2-3-8(15)6-14/h5,8,15H,2-4,6H2,1H3,(H,16,17). The zero-order valence-electron chi connectivity index (χ0n) is 9.63. The first-order valence-corrected chi connectivity index (χ1v) is 5.58. The van der Waals surface area contributed by atoms with Crippen molar-refractivity contribution < 1.29 is 15.0 Å². The Morgan fingerprint density at radius 1 is 1.59 bits per heavy atom. The lowest BCUT2D eigenvalue weighted by Crippen LogP contribution is -2.39. The van der Waals surface area contributed by atoms with E-state index in [0.717, 1.165) is 19.4 Å². The molecule has 17 heavy (non-hydrogen) atoms. The third-order valence-electron chi connectivity index (χ3n) is 2.88. The van der Waals surface area contributed by atoms with Crippen LogP contribution >= 0.6 is 0 Å². The number of carboxylic acids is 1. The highest BCUT2D eigenvalue weighted by Crippen LogP contribution is 2.17. The monoisotopic (exact) mass is 237 g/mol. The Kier molecular flexibility index (Phi) is 3.23. The van der Waals surface area contributed by atoms with Crippen molar-refractivity contribution in [1.29, 1.82) is 0 Å². The van der Waals surface area contributed by atoms with Crippen LogP contribution in [0.3, 0.4) is 0 Å². The predicted octanol–water partition coefficient (Wildman–Crippen LogP) is 0.444. The normalized spacial score (nSPS) is 20.4. The van der Waals surface area contributed by atoms with E-state index in [9.17, 15) is 9.90 Å². The van der Waals surface area contributed by atoms with Gasteiger partial charge in [-0.1, -0.05) is 0 Å². The molecule has 2 heterocycles. The van der Waals surface area contributed by atoms with E-state index in [0.29, 0.717) is 18.2 Å². The van der Waals surface area contributed by atoms with Gasteiger partial charge in [0.25, 0.3) is 0 Å². The molecule has 6 nitrogen and oxygen atoms in total. The molecule has 1 fully saturated rings. The number of aliphatic hydroxyl groups excluding tert-OH is 1. The zero-order valence-corrected chi connectivity index (χ0v) is 9.63. The van der Waals surface area contributed by atoms with Gasteiger partial charge in [0.1, 0.15) is 0 Å². The van der Waals surface area contributed by atoms with Gasteiger partial charge in [0, 0.05) is 19.3 Å². The molecule has 0 aromatic carbocycles. The van der Waals surface area contributed by atoms with Gasteiger partial charge in [0.05, 0.1) is 17.4 Å². The van der Waals surface area contributed by atoms with Crippen LogP contribution in [0.4, 0.5) is 5.95 Å². The predicted molar refractivity (Wildman–Crippen MR) is 61.2 cm³/mol. The van der Waals surface area contributed by atoms with E-state index in [4.69, 9.17) is 5.11 Å². The lowest BCUT2D eigenvalue weighted by molar-refractivity contribution is 0.0695. The molecule has 92 valence electrons. The Labute approximate surface area is 98.9 Å². The van der Waals surface area contributed by atoms with Crippen LogP contribution in [0.25, 0.3) is 0 Å². The second-order valence-corrected chi connectivity index (χ2v) is 4.22. The molecule has 2 N–H and O–H groups in total. The summed E-state index contributed by atoms with van der Waals surface area (Å²) in [7, 11) is 0. The second-order valence-electron chi connectivity index (χ2n) is 4.22. The zero-order chi connectivity index (χ0) is 12.4. The molecule has 1 saturated heterocycles. The SMILES string of the molecule is Cc1nc(N2CCCC(O)C2)ncc1C(=O)O. The van der Waals surface area contributed by atoms with E-state index in [1.54, 1.807) is 6.92 Å². The number of carbonyl (C=O) groups is 1. The molecule has 1 aliphatic heterocycles. The third kappa shape index (κ3) is 2.52. The fraction of sp³-hybridized carbons (Fsp3) is 0.545. The molecule has 1 atom stereocenters. The molecule has 0 saturated carbocycles. The van der Waals surface area contributed by atoms with E-state index in [-0.39, 0.29) is 11.7 Å². The van der Waals surface area contributed by atoms with Gasteiger partial charge in [-0.25, -0.2) is 14.8 Å². The summed E-state index contributed by atoms with van der Waals surface area (Å²) in [5.41, 5.74) is 0.564. The largest absolute Gasteiger partial charge is 0.478 e. The molecular weight excluding hydrogens is 222 g/mol. The minimum Gasteiger partial charge on any atom is -0.478 e. The van der Waals surface area contributed by atoms with Crippen molar-refractivity contribution in [1.82, 2.24) is 9.97 Å². The van der Waals surface area contributed by atoms with Gasteiger partial charge in [0.15, 0.2) is 0 Å². The maximum atomic E-state index is 10.8. The van der Waals surface area contributed by atoms with Crippen LogP contribution in [-0.2, 0) is 0 Å². The van der Waals surface area contributed by atoms with E-state index in [1.165, 1.54) is 6.20 Å². The lowest BCUT2D eigenvalue weighted by Gasteiger charge is -2.30. The van der Waals surface area contributed by atoms with Gasteiger partial charge in [-0.05, 0) is 19.8 Å². The fourth-order valence-corrected chi connectivity index (χ4v) is 1.95. The van der Waals surface area contributed by atoms with Gasteiger partial charge in [-0.15, -0.1) is 0 Å². The smallest absolute Gasteiger partial charge is 0.339 e. The third-order valence-corrected chi connectivity index (χ3v) is 2.88. The summed E-state index contributed by atoms with van der Waals surface area (Å²) in [4.78, 5) is 20.9. The summed E-state index contributed by atoms with van der Waals surface area (Å²) in [5, 5.41) is 18.4. The molecule has 0 spiro atoms. The van der Waals surface area contributed by atoms with Gasteiger partial charge < -0.3 is 15.1 Å². The quantitative estimate of drug-likeness (QED) is 0.776. The summed E-state index contributed by atoms with van der Waals surface area (Å²) in [6.07, 6.45) is 2.65. The van der Waals surface area contributed by atoms with Crippen LogP contribution in [0.2, 0.25) is 0 Å². The van der Waals surface area contributed by atoms with Gasteiger partial charge >= 0.3 is 5.97 Å². The molecule has 1 aromatic rings. The number of aromatic carboxylic acids is 1. The van der Waals surface area contributed by atoms with Crippen molar-refractivity contribution in [3.63, 3.8) is 0 Å². The molecule has 0 amide bonds. The minimum absolute atomic E-state index is 0.117. The summed E-state index contributed by atoms with van der Waals surface area (Å²) < 4.78 is 0. The summed E-state index contributed by atoms with van der Waals surface area (Å²) in [6, 6.07) is 0. The van der Waals surface area contributed by atoms with Crippen molar-refractivity contribution in [2.24, 2.45) is 0 Å².